The molecule has 1 nitrogen and oxygen atoms in total. The fourth-order valence-corrected chi connectivity index (χ4v) is 3.20. The van der Waals surface area contributed by atoms with Gasteiger partial charge in [-0.05, 0) is 65.0 Å². The summed E-state index contributed by atoms with van der Waals surface area (Å²) in [5.41, 5.74) is 7.69. The average Bonchev–Trinajstić information content (AvgIpc) is 2.29. The summed E-state index contributed by atoms with van der Waals surface area (Å²) in [7, 11) is 0. The quantitative estimate of drug-likeness (QED) is 0.812. The van der Waals surface area contributed by atoms with Crippen molar-refractivity contribution >= 4 is 22.6 Å². The van der Waals surface area contributed by atoms with Gasteiger partial charge in [0.1, 0.15) is 0 Å². The highest BCUT2D eigenvalue weighted by molar-refractivity contribution is 14.1. The minimum atomic E-state index is 0.238. The Kier molecular flexibility index (Phi) is 4.25. The van der Waals surface area contributed by atoms with E-state index in [1.165, 1.54) is 34.8 Å². The van der Waals surface area contributed by atoms with Crippen LogP contribution in [0, 0.1) is 15.4 Å². The van der Waals surface area contributed by atoms with Crippen molar-refractivity contribution in [3.63, 3.8) is 0 Å². The van der Waals surface area contributed by atoms with Gasteiger partial charge in [0, 0.05) is 9.61 Å². The average molecular weight is 329 g/mol. The maximum atomic E-state index is 6.38. The van der Waals surface area contributed by atoms with Gasteiger partial charge < -0.3 is 5.73 Å². The second-order valence-electron chi connectivity index (χ2n) is 5.10. The topological polar surface area (TPSA) is 26.0 Å². The Morgan fingerprint density at radius 1 is 1.25 bits per heavy atom. The second-order valence-corrected chi connectivity index (χ2v) is 6.35. The van der Waals surface area contributed by atoms with Gasteiger partial charge in [-0.25, -0.2) is 0 Å². The highest BCUT2D eigenvalue weighted by Crippen LogP contribution is 2.35. The van der Waals surface area contributed by atoms with Gasteiger partial charge in [0.2, 0.25) is 0 Å². The Labute approximate surface area is 112 Å². The van der Waals surface area contributed by atoms with Crippen molar-refractivity contribution in [2.24, 2.45) is 17.6 Å². The van der Waals surface area contributed by atoms with Crippen LogP contribution in [0.2, 0.25) is 0 Å². The molecule has 16 heavy (non-hydrogen) atoms. The molecule has 2 heteroatoms. The normalized spacial score (nSPS) is 27.7. The summed E-state index contributed by atoms with van der Waals surface area (Å²) < 4.78 is 1.29. The van der Waals surface area contributed by atoms with Gasteiger partial charge >= 0.3 is 0 Å². The molecule has 1 aliphatic rings. The molecule has 88 valence electrons. The monoisotopic (exact) mass is 329 g/mol. The lowest BCUT2D eigenvalue weighted by molar-refractivity contribution is 0.256. The smallest absolute Gasteiger partial charge is 0.0323 e. The van der Waals surface area contributed by atoms with Gasteiger partial charge in [0.05, 0.1) is 0 Å². The summed E-state index contributed by atoms with van der Waals surface area (Å²) in [6.45, 7) is 2.35. The zero-order chi connectivity index (χ0) is 11.5. The van der Waals surface area contributed by atoms with E-state index < -0.39 is 0 Å². The number of halogens is 1. The van der Waals surface area contributed by atoms with Gasteiger partial charge in [-0.15, -0.1) is 0 Å². The third kappa shape index (κ3) is 2.98. The van der Waals surface area contributed by atoms with Crippen LogP contribution in [0.5, 0.6) is 0 Å². The Morgan fingerprint density at radius 3 is 2.56 bits per heavy atom. The molecule has 1 aromatic rings. The predicted octanol–water partition coefficient (Wildman–Crippen LogP) is 4.12. The Balaban J connectivity index is 2.04. The fourth-order valence-electron chi connectivity index (χ4n) is 2.63. The molecule has 1 fully saturated rings. The van der Waals surface area contributed by atoms with E-state index in [9.17, 15) is 0 Å². The minimum absolute atomic E-state index is 0.238. The molecule has 0 heterocycles. The maximum Gasteiger partial charge on any atom is 0.0323 e. The van der Waals surface area contributed by atoms with Crippen molar-refractivity contribution in [1.29, 1.82) is 0 Å². The Bertz CT molecular complexity index is 342. The fraction of sp³-hybridized carbons (Fsp3) is 0.571. The molecule has 2 rings (SSSR count). The van der Waals surface area contributed by atoms with Crippen LogP contribution in [0.25, 0.3) is 0 Å². The SMILES string of the molecule is CC1CCC(C(N)c2cccc(I)c2)CC1. The molecule has 0 spiro atoms. The summed E-state index contributed by atoms with van der Waals surface area (Å²) in [5, 5.41) is 0. The van der Waals surface area contributed by atoms with Gasteiger partial charge in [0.25, 0.3) is 0 Å². The molecule has 0 bridgehead atoms. The summed E-state index contributed by atoms with van der Waals surface area (Å²) >= 11 is 2.36. The molecule has 0 saturated heterocycles. The van der Waals surface area contributed by atoms with Gasteiger partial charge in [0.15, 0.2) is 0 Å². The standard InChI is InChI=1S/C14H20IN/c1-10-5-7-11(8-6-10)14(16)12-3-2-4-13(15)9-12/h2-4,9-11,14H,5-8,16H2,1H3. The first kappa shape index (κ1) is 12.4. The second kappa shape index (κ2) is 5.50. The van der Waals surface area contributed by atoms with Crippen LogP contribution < -0.4 is 5.73 Å². The number of nitrogens with two attached hydrogens (primary N) is 1. The van der Waals surface area contributed by atoms with Crippen molar-refractivity contribution in [3.8, 4) is 0 Å². The van der Waals surface area contributed by atoms with Crippen LogP contribution in [0.1, 0.15) is 44.2 Å². The molecule has 1 atom stereocenters. The van der Waals surface area contributed by atoms with E-state index in [1.54, 1.807) is 0 Å². The first-order valence-electron chi connectivity index (χ1n) is 6.18. The van der Waals surface area contributed by atoms with Gasteiger partial charge in [-0.1, -0.05) is 31.9 Å². The Hall–Kier alpha value is -0.0900. The summed E-state index contributed by atoms with van der Waals surface area (Å²) in [6.07, 6.45) is 5.30. The summed E-state index contributed by atoms with van der Waals surface area (Å²) in [6, 6.07) is 8.87. The maximum absolute atomic E-state index is 6.38. The van der Waals surface area contributed by atoms with E-state index in [0.717, 1.165) is 5.92 Å². The third-order valence-corrected chi connectivity index (χ3v) is 4.47. The van der Waals surface area contributed by atoms with Crippen LogP contribution in [0.15, 0.2) is 24.3 Å². The molecule has 0 aliphatic heterocycles. The van der Waals surface area contributed by atoms with E-state index in [0.29, 0.717) is 5.92 Å². The van der Waals surface area contributed by atoms with Crippen molar-refractivity contribution in [2.45, 2.75) is 38.6 Å². The summed E-state index contributed by atoms with van der Waals surface area (Å²) in [5.74, 6) is 1.59. The zero-order valence-electron chi connectivity index (χ0n) is 9.83. The molecule has 1 saturated carbocycles. The van der Waals surface area contributed by atoms with Crippen LogP contribution >= 0.6 is 22.6 Å². The van der Waals surface area contributed by atoms with E-state index in [4.69, 9.17) is 5.73 Å². The highest BCUT2D eigenvalue weighted by atomic mass is 127. The van der Waals surface area contributed by atoms with Crippen LogP contribution in [-0.2, 0) is 0 Å². The van der Waals surface area contributed by atoms with Crippen LogP contribution in [-0.4, -0.2) is 0 Å². The van der Waals surface area contributed by atoms with Crippen LogP contribution in [0.3, 0.4) is 0 Å². The van der Waals surface area contributed by atoms with Crippen molar-refractivity contribution in [1.82, 2.24) is 0 Å². The number of hydrogen-bond donors (Lipinski definition) is 1. The largest absolute Gasteiger partial charge is 0.324 e. The van der Waals surface area contributed by atoms with Gasteiger partial charge in [-0.3, -0.25) is 0 Å². The van der Waals surface area contributed by atoms with E-state index in [-0.39, 0.29) is 6.04 Å². The zero-order valence-corrected chi connectivity index (χ0v) is 12.0. The van der Waals surface area contributed by atoms with E-state index >= 15 is 0 Å². The minimum Gasteiger partial charge on any atom is -0.324 e. The Morgan fingerprint density at radius 2 is 1.94 bits per heavy atom. The van der Waals surface area contributed by atoms with E-state index in [1.807, 2.05) is 0 Å². The lowest BCUT2D eigenvalue weighted by Crippen LogP contribution is -2.25. The van der Waals surface area contributed by atoms with Crippen molar-refractivity contribution < 1.29 is 0 Å². The number of hydrogen-bond acceptors (Lipinski definition) is 1. The van der Waals surface area contributed by atoms with Crippen molar-refractivity contribution in [3.05, 3.63) is 33.4 Å². The lowest BCUT2D eigenvalue weighted by atomic mass is 9.78. The highest BCUT2D eigenvalue weighted by Gasteiger charge is 2.24. The van der Waals surface area contributed by atoms with Crippen molar-refractivity contribution in [2.75, 3.05) is 0 Å². The van der Waals surface area contributed by atoms with Crippen LogP contribution in [0.4, 0.5) is 0 Å². The summed E-state index contributed by atoms with van der Waals surface area (Å²) in [4.78, 5) is 0. The molecule has 1 aliphatic carbocycles. The van der Waals surface area contributed by atoms with E-state index in [2.05, 4.69) is 53.8 Å². The molecule has 1 unspecified atom stereocenters. The molecular weight excluding hydrogens is 309 g/mol. The molecular formula is C14H20IN. The molecule has 0 radical (unpaired) electrons. The first-order valence-corrected chi connectivity index (χ1v) is 7.25. The molecule has 1 aromatic carbocycles. The molecule has 2 N–H and O–H groups in total. The number of benzene rings is 1. The molecule has 0 aromatic heterocycles. The molecule has 0 amide bonds. The third-order valence-electron chi connectivity index (χ3n) is 3.80. The number of rotatable bonds is 2. The first-order chi connectivity index (χ1) is 7.66. The lowest BCUT2D eigenvalue weighted by Gasteiger charge is -2.30. The van der Waals surface area contributed by atoms with Gasteiger partial charge in [-0.2, -0.15) is 0 Å². The predicted molar refractivity (Wildman–Crippen MR) is 77.2 cm³/mol.